The number of morpholine rings is 1. The Hall–Kier alpha value is -0.520. The molecule has 0 bridgehead atoms. The second-order valence-electron chi connectivity index (χ2n) is 2.43. The van der Waals surface area contributed by atoms with E-state index in [1.807, 2.05) is 0 Å². The Kier molecular flexibility index (Phi) is 2.65. The van der Waals surface area contributed by atoms with Gasteiger partial charge in [-0.1, -0.05) is 0 Å². The van der Waals surface area contributed by atoms with E-state index >= 15 is 0 Å². The summed E-state index contributed by atoms with van der Waals surface area (Å²) in [5.41, 5.74) is 0. The van der Waals surface area contributed by atoms with Gasteiger partial charge in [0.25, 0.3) is 5.22 Å². The zero-order chi connectivity index (χ0) is 8.23. The van der Waals surface area contributed by atoms with Crippen LogP contribution < -0.4 is 0 Å². The van der Waals surface area contributed by atoms with E-state index in [9.17, 15) is 0 Å². The lowest BCUT2D eigenvalue weighted by Crippen LogP contribution is -2.30. The van der Waals surface area contributed by atoms with Crippen LogP contribution in [0.1, 0.15) is 0 Å². The summed E-state index contributed by atoms with van der Waals surface area (Å²) in [5.74, 6) is 0. The Labute approximate surface area is 75.0 Å². The van der Waals surface area contributed by atoms with Crippen LogP contribution in [-0.4, -0.2) is 35.6 Å². The maximum absolute atomic E-state index is 5.21. The van der Waals surface area contributed by atoms with Crippen LogP contribution in [0, 0.1) is 0 Å². The van der Waals surface area contributed by atoms with Gasteiger partial charge >= 0.3 is 0 Å². The SMILES string of the molecule is c1coc(SN2CCOCC2)n1. The van der Waals surface area contributed by atoms with Crippen LogP contribution >= 0.6 is 11.9 Å². The van der Waals surface area contributed by atoms with Crippen molar-refractivity contribution < 1.29 is 9.15 Å². The predicted octanol–water partition coefficient (Wildman–Crippen LogP) is 1.01. The van der Waals surface area contributed by atoms with E-state index in [2.05, 4.69) is 9.29 Å². The van der Waals surface area contributed by atoms with Crippen molar-refractivity contribution in [1.29, 1.82) is 0 Å². The molecule has 0 N–H and O–H groups in total. The van der Waals surface area contributed by atoms with E-state index in [-0.39, 0.29) is 0 Å². The fraction of sp³-hybridized carbons (Fsp3) is 0.571. The van der Waals surface area contributed by atoms with Crippen LogP contribution in [0.5, 0.6) is 0 Å². The molecule has 1 saturated heterocycles. The topological polar surface area (TPSA) is 38.5 Å². The molecule has 0 aliphatic carbocycles. The molecule has 1 fully saturated rings. The van der Waals surface area contributed by atoms with E-state index in [1.165, 1.54) is 0 Å². The number of oxazole rings is 1. The molecule has 1 aliphatic heterocycles. The quantitative estimate of drug-likeness (QED) is 0.644. The largest absolute Gasteiger partial charge is 0.439 e. The highest BCUT2D eigenvalue weighted by molar-refractivity contribution is 7.96. The number of rotatable bonds is 2. The summed E-state index contributed by atoms with van der Waals surface area (Å²) < 4.78 is 12.5. The Balaban J connectivity index is 1.86. The highest BCUT2D eigenvalue weighted by atomic mass is 32.2. The molecule has 0 aromatic carbocycles. The minimum Gasteiger partial charge on any atom is -0.439 e. The zero-order valence-corrected chi connectivity index (χ0v) is 7.42. The van der Waals surface area contributed by atoms with Gasteiger partial charge in [0.05, 0.1) is 19.4 Å². The first kappa shape index (κ1) is 8.10. The van der Waals surface area contributed by atoms with Gasteiger partial charge in [0.15, 0.2) is 0 Å². The molecule has 0 amide bonds. The van der Waals surface area contributed by atoms with E-state index in [0.29, 0.717) is 5.22 Å². The molecule has 2 heterocycles. The minimum atomic E-state index is 0.705. The monoisotopic (exact) mass is 186 g/mol. The van der Waals surface area contributed by atoms with Crippen molar-refractivity contribution in [1.82, 2.24) is 9.29 Å². The molecule has 0 unspecified atom stereocenters. The van der Waals surface area contributed by atoms with Crippen molar-refractivity contribution in [3.8, 4) is 0 Å². The second kappa shape index (κ2) is 3.93. The lowest BCUT2D eigenvalue weighted by atomic mass is 10.5. The second-order valence-corrected chi connectivity index (χ2v) is 3.48. The van der Waals surface area contributed by atoms with Gasteiger partial charge in [-0.2, -0.15) is 0 Å². The highest BCUT2D eigenvalue weighted by Crippen LogP contribution is 2.20. The molecule has 66 valence electrons. The molecule has 1 aromatic heterocycles. The van der Waals surface area contributed by atoms with Crippen LogP contribution in [-0.2, 0) is 4.74 Å². The minimum absolute atomic E-state index is 0.705. The van der Waals surface area contributed by atoms with Gasteiger partial charge in [-0.15, -0.1) is 0 Å². The summed E-state index contributed by atoms with van der Waals surface area (Å²) in [5, 5.41) is 0.705. The normalized spacial score (nSPS) is 19.7. The summed E-state index contributed by atoms with van der Waals surface area (Å²) in [4.78, 5) is 4.02. The predicted molar refractivity (Wildman–Crippen MR) is 44.8 cm³/mol. The summed E-state index contributed by atoms with van der Waals surface area (Å²) in [6.07, 6.45) is 3.24. The van der Waals surface area contributed by atoms with Crippen molar-refractivity contribution in [3.05, 3.63) is 12.5 Å². The molecule has 0 saturated carbocycles. The van der Waals surface area contributed by atoms with E-state index in [1.54, 1.807) is 24.4 Å². The molecule has 12 heavy (non-hydrogen) atoms. The third kappa shape index (κ3) is 2.00. The fourth-order valence-corrected chi connectivity index (χ4v) is 1.76. The first-order valence-corrected chi connectivity index (χ1v) is 4.62. The Bertz CT molecular complexity index is 221. The van der Waals surface area contributed by atoms with Gasteiger partial charge in [-0.25, -0.2) is 9.29 Å². The number of aromatic nitrogens is 1. The molecule has 5 heteroatoms. The van der Waals surface area contributed by atoms with Crippen LogP contribution in [0.25, 0.3) is 0 Å². The van der Waals surface area contributed by atoms with Crippen molar-refractivity contribution in [2.24, 2.45) is 0 Å². The number of hydrogen-bond donors (Lipinski definition) is 0. The van der Waals surface area contributed by atoms with Gasteiger partial charge in [0, 0.05) is 25.0 Å². The molecule has 0 radical (unpaired) electrons. The number of hydrogen-bond acceptors (Lipinski definition) is 5. The van der Waals surface area contributed by atoms with E-state index in [0.717, 1.165) is 26.3 Å². The van der Waals surface area contributed by atoms with Crippen LogP contribution in [0.4, 0.5) is 0 Å². The molecule has 1 aliphatic rings. The van der Waals surface area contributed by atoms with Crippen LogP contribution in [0.3, 0.4) is 0 Å². The van der Waals surface area contributed by atoms with Gasteiger partial charge in [-0.05, 0) is 0 Å². The molecular weight excluding hydrogens is 176 g/mol. The third-order valence-electron chi connectivity index (χ3n) is 1.59. The van der Waals surface area contributed by atoms with E-state index < -0.39 is 0 Å². The number of nitrogens with zero attached hydrogens (tertiary/aromatic N) is 2. The lowest BCUT2D eigenvalue weighted by molar-refractivity contribution is 0.0769. The summed E-state index contributed by atoms with van der Waals surface area (Å²) >= 11 is 1.55. The maximum atomic E-state index is 5.21. The van der Waals surface area contributed by atoms with Gasteiger partial charge in [-0.3, -0.25) is 0 Å². The average molecular weight is 186 g/mol. The van der Waals surface area contributed by atoms with E-state index in [4.69, 9.17) is 9.15 Å². The van der Waals surface area contributed by atoms with Crippen molar-refractivity contribution in [2.75, 3.05) is 26.3 Å². The van der Waals surface area contributed by atoms with Crippen molar-refractivity contribution in [2.45, 2.75) is 5.22 Å². The summed E-state index contributed by atoms with van der Waals surface area (Å²) in [7, 11) is 0. The molecular formula is C7H10N2O2S. The Morgan fingerprint density at radius 1 is 1.42 bits per heavy atom. The van der Waals surface area contributed by atoms with Crippen LogP contribution in [0.2, 0.25) is 0 Å². The third-order valence-corrected chi connectivity index (χ3v) is 2.57. The fourth-order valence-electron chi connectivity index (χ4n) is 1.00. The standard InChI is InChI=1S/C7H10N2O2S/c1-4-11-7(8-1)12-9-2-5-10-6-3-9/h1,4H,2-3,5-6H2. The van der Waals surface area contributed by atoms with Gasteiger partial charge in [0.1, 0.15) is 6.26 Å². The lowest BCUT2D eigenvalue weighted by Gasteiger charge is -2.23. The Morgan fingerprint density at radius 3 is 2.92 bits per heavy atom. The van der Waals surface area contributed by atoms with Crippen molar-refractivity contribution >= 4 is 11.9 Å². The average Bonchev–Trinajstić information content (AvgIpc) is 2.59. The molecule has 0 atom stereocenters. The highest BCUT2D eigenvalue weighted by Gasteiger charge is 2.13. The molecule has 0 spiro atoms. The molecule has 2 rings (SSSR count). The first-order chi connectivity index (χ1) is 5.95. The number of ether oxygens (including phenoxy) is 1. The smallest absolute Gasteiger partial charge is 0.271 e. The molecule has 1 aromatic rings. The summed E-state index contributed by atoms with van der Waals surface area (Å²) in [6.45, 7) is 3.47. The van der Waals surface area contributed by atoms with Crippen molar-refractivity contribution in [3.63, 3.8) is 0 Å². The van der Waals surface area contributed by atoms with Crippen LogP contribution in [0.15, 0.2) is 22.1 Å². The summed E-state index contributed by atoms with van der Waals surface area (Å²) in [6, 6.07) is 0. The Morgan fingerprint density at radius 2 is 2.25 bits per heavy atom. The maximum Gasteiger partial charge on any atom is 0.271 e. The molecule has 4 nitrogen and oxygen atoms in total. The van der Waals surface area contributed by atoms with Gasteiger partial charge < -0.3 is 9.15 Å². The van der Waals surface area contributed by atoms with Gasteiger partial charge in [0.2, 0.25) is 0 Å². The first-order valence-electron chi connectivity index (χ1n) is 3.85. The zero-order valence-electron chi connectivity index (χ0n) is 6.60.